The molecule has 128 valence electrons. The summed E-state index contributed by atoms with van der Waals surface area (Å²) in [5.74, 6) is 0.104. The van der Waals surface area contributed by atoms with Crippen molar-refractivity contribution in [3.05, 3.63) is 29.3 Å². The van der Waals surface area contributed by atoms with Crippen molar-refractivity contribution in [3.63, 3.8) is 0 Å². The zero-order chi connectivity index (χ0) is 17.0. The van der Waals surface area contributed by atoms with Gasteiger partial charge in [0, 0.05) is 31.9 Å². The Balaban J connectivity index is 2.17. The molecule has 2 rings (SSSR count). The van der Waals surface area contributed by atoms with Gasteiger partial charge in [-0.05, 0) is 51.9 Å². The summed E-state index contributed by atoms with van der Waals surface area (Å²) in [6.07, 6.45) is 1.66. The Labute approximate surface area is 139 Å². The first-order chi connectivity index (χ1) is 10.9. The highest BCUT2D eigenvalue weighted by molar-refractivity contribution is 5.99. The molecule has 1 heterocycles. The standard InChI is InChI=1S/C18H30N4O/c1-14-6-5-7-15(2)16(14)20-17(23)18(21(3)4)8-11-22(12-9-18)13-10-19/h5-7H,8-13,19H2,1-4H3,(H,20,23). The molecule has 0 saturated carbocycles. The molecule has 0 radical (unpaired) electrons. The Hall–Kier alpha value is -1.43. The van der Waals surface area contributed by atoms with Gasteiger partial charge in [-0.3, -0.25) is 9.69 Å². The molecular weight excluding hydrogens is 288 g/mol. The van der Waals surface area contributed by atoms with Crippen molar-refractivity contribution < 1.29 is 4.79 Å². The first-order valence-corrected chi connectivity index (χ1v) is 8.38. The van der Waals surface area contributed by atoms with Crippen LogP contribution in [-0.2, 0) is 4.79 Å². The van der Waals surface area contributed by atoms with Crippen LogP contribution < -0.4 is 11.1 Å². The Kier molecular flexibility index (Phi) is 5.79. The van der Waals surface area contributed by atoms with Crippen LogP contribution in [-0.4, -0.2) is 61.5 Å². The predicted molar refractivity (Wildman–Crippen MR) is 95.7 cm³/mol. The van der Waals surface area contributed by atoms with Crippen molar-refractivity contribution in [2.24, 2.45) is 5.73 Å². The Morgan fingerprint density at radius 1 is 1.26 bits per heavy atom. The monoisotopic (exact) mass is 318 g/mol. The Morgan fingerprint density at radius 3 is 2.30 bits per heavy atom. The second-order valence-electron chi connectivity index (χ2n) is 6.78. The molecule has 0 unspecified atom stereocenters. The number of likely N-dealkylation sites (N-methyl/N-ethyl adjacent to an activating group) is 1. The number of likely N-dealkylation sites (tertiary alicyclic amines) is 1. The van der Waals surface area contributed by atoms with Gasteiger partial charge in [-0.2, -0.15) is 0 Å². The van der Waals surface area contributed by atoms with Crippen LogP contribution in [0.2, 0.25) is 0 Å². The molecule has 0 atom stereocenters. The highest BCUT2D eigenvalue weighted by Crippen LogP contribution is 2.30. The summed E-state index contributed by atoms with van der Waals surface area (Å²) < 4.78 is 0. The number of benzene rings is 1. The number of nitrogens with two attached hydrogens (primary N) is 1. The second-order valence-corrected chi connectivity index (χ2v) is 6.78. The Morgan fingerprint density at radius 2 is 1.83 bits per heavy atom. The number of hydrogen-bond donors (Lipinski definition) is 2. The van der Waals surface area contributed by atoms with Crippen molar-refractivity contribution in [1.29, 1.82) is 0 Å². The fourth-order valence-electron chi connectivity index (χ4n) is 3.45. The summed E-state index contributed by atoms with van der Waals surface area (Å²) in [7, 11) is 4.01. The van der Waals surface area contributed by atoms with Gasteiger partial charge >= 0.3 is 0 Å². The first-order valence-electron chi connectivity index (χ1n) is 8.38. The van der Waals surface area contributed by atoms with Crippen LogP contribution in [0.5, 0.6) is 0 Å². The number of anilines is 1. The van der Waals surface area contributed by atoms with E-state index in [2.05, 4.69) is 15.1 Å². The normalized spacial score (nSPS) is 18.2. The molecule has 3 N–H and O–H groups in total. The molecule has 23 heavy (non-hydrogen) atoms. The van der Waals surface area contributed by atoms with E-state index in [0.29, 0.717) is 6.54 Å². The van der Waals surface area contributed by atoms with Crippen LogP contribution >= 0.6 is 0 Å². The molecule has 0 aromatic heterocycles. The van der Waals surface area contributed by atoms with Crippen molar-refractivity contribution in [3.8, 4) is 0 Å². The quantitative estimate of drug-likeness (QED) is 0.866. The molecule has 5 nitrogen and oxygen atoms in total. The number of aryl methyl sites for hydroxylation is 2. The maximum absolute atomic E-state index is 13.1. The average Bonchev–Trinajstić information content (AvgIpc) is 2.52. The van der Waals surface area contributed by atoms with E-state index >= 15 is 0 Å². The van der Waals surface area contributed by atoms with Gasteiger partial charge in [-0.15, -0.1) is 0 Å². The minimum atomic E-state index is -0.445. The average molecular weight is 318 g/mol. The molecule has 1 amide bonds. The van der Waals surface area contributed by atoms with E-state index in [1.165, 1.54) is 0 Å². The lowest BCUT2D eigenvalue weighted by atomic mass is 9.85. The highest BCUT2D eigenvalue weighted by atomic mass is 16.2. The number of rotatable bonds is 5. The van der Waals surface area contributed by atoms with Gasteiger partial charge in [-0.1, -0.05) is 18.2 Å². The molecule has 1 fully saturated rings. The lowest BCUT2D eigenvalue weighted by Crippen LogP contribution is -2.59. The van der Waals surface area contributed by atoms with Gasteiger partial charge in [0.15, 0.2) is 0 Å². The molecule has 5 heteroatoms. The highest BCUT2D eigenvalue weighted by Gasteiger charge is 2.43. The lowest BCUT2D eigenvalue weighted by Gasteiger charge is -2.44. The summed E-state index contributed by atoms with van der Waals surface area (Å²) in [6.45, 7) is 7.47. The Bertz CT molecular complexity index is 528. The molecule has 1 aromatic carbocycles. The zero-order valence-electron chi connectivity index (χ0n) is 14.9. The van der Waals surface area contributed by atoms with Crippen LogP contribution in [0, 0.1) is 13.8 Å². The number of hydrogen-bond acceptors (Lipinski definition) is 4. The fraction of sp³-hybridized carbons (Fsp3) is 0.611. The van der Waals surface area contributed by atoms with E-state index in [1.807, 2.05) is 46.1 Å². The maximum atomic E-state index is 13.1. The summed E-state index contributed by atoms with van der Waals surface area (Å²) in [5, 5.41) is 3.19. The number of amides is 1. The largest absolute Gasteiger partial charge is 0.329 e. The van der Waals surface area contributed by atoms with E-state index in [1.54, 1.807) is 0 Å². The number of carbonyl (C=O) groups is 1. The van der Waals surface area contributed by atoms with E-state index < -0.39 is 5.54 Å². The number of carbonyl (C=O) groups excluding carboxylic acids is 1. The second kappa shape index (κ2) is 7.43. The summed E-state index contributed by atoms with van der Waals surface area (Å²) in [5.41, 5.74) is 8.36. The zero-order valence-corrected chi connectivity index (χ0v) is 14.9. The van der Waals surface area contributed by atoms with Gasteiger partial charge in [0.2, 0.25) is 5.91 Å². The number of nitrogens with one attached hydrogen (secondary N) is 1. The van der Waals surface area contributed by atoms with E-state index in [0.717, 1.165) is 49.3 Å². The van der Waals surface area contributed by atoms with Crippen LogP contribution in [0.3, 0.4) is 0 Å². The van der Waals surface area contributed by atoms with Crippen LogP contribution in [0.15, 0.2) is 18.2 Å². The van der Waals surface area contributed by atoms with E-state index in [9.17, 15) is 4.79 Å². The molecule has 1 aliphatic rings. The number of piperidine rings is 1. The molecule has 1 aliphatic heterocycles. The molecular formula is C18H30N4O. The number of nitrogens with zero attached hydrogens (tertiary/aromatic N) is 2. The molecule has 0 aliphatic carbocycles. The van der Waals surface area contributed by atoms with Gasteiger partial charge in [0.1, 0.15) is 5.54 Å². The van der Waals surface area contributed by atoms with Gasteiger partial charge < -0.3 is 16.0 Å². The minimum Gasteiger partial charge on any atom is -0.329 e. The molecule has 1 saturated heterocycles. The third-order valence-corrected chi connectivity index (χ3v) is 5.13. The molecule has 1 aromatic rings. The van der Waals surface area contributed by atoms with E-state index in [-0.39, 0.29) is 5.91 Å². The van der Waals surface area contributed by atoms with Gasteiger partial charge in [0.05, 0.1) is 0 Å². The SMILES string of the molecule is Cc1cccc(C)c1NC(=O)C1(N(C)C)CCN(CCN)CC1. The number of para-hydroxylation sites is 1. The van der Waals surface area contributed by atoms with Crippen LogP contribution in [0.25, 0.3) is 0 Å². The van der Waals surface area contributed by atoms with E-state index in [4.69, 9.17) is 5.73 Å². The smallest absolute Gasteiger partial charge is 0.244 e. The van der Waals surface area contributed by atoms with Gasteiger partial charge in [0.25, 0.3) is 0 Å². The predicted octanol–water partition coefficient (Wildman–Crippen LogP) is 1.60. The summed E-state index contributed by atoms with van der Waals surface area (Å²) in [4.78, 5) is 17.5. The van der Waals surface area contributed by atoms with Crippen molar-refractivity contribution >= 4 is 11.6 Å². The van der Waals surface area contributed by atoms with Crippen LogP contribution in [0.4, 0.5) is 5.69 Å². The minimum absolute atomic E-state index is 0.104. The third kappa shape index (κ3) is 3.74. The summed E-state index contributed by atoms with van der Waals surface area (Å²) in [6, 6.07) is 6.09. The maximum Gasteiger partial charge on any atom is 0.244 e. The van der Waals surface area contributed by atoms with Crippen molar-refractivity contribution in [2.75, 3.05) is 45.6 Å². The topological polar surface area (TPSA) is 61.6 Å². The van der Waals surface area contributed by atoms with Crippen LogP contribution in [0.1, 0.15) is 24.0 Å². The van der Waals surface area contributed by atoms with Gasteiger partial charge in [-0.25, -0.2) is 0 Å². The molecule has 0 bridgehead atoms. The third-order valence-electron chi connectivity index (χ3n) is 5.13. The van der Waals surface area contributed by atoms with Crippen molar-refractivity contribution in [1.82, 2.24) is 9.80 Å². The lowest BCUT2D eigenvalue weighted by molar-refractivity contribution is -0.129. The fourth-order valence-corrected chi connectivity index (χ4v) is 3.45. The summed E-state index contributed by atoms with van der Waals surface area (Å²) >= 11 is 0. The molecule has 0 spiro atoms. The first kappa shape index (κ1) is 17.9. The van der Waals surface area contributed by atoms with Crippen molar-refractivity contribution in [2.45, 2.75) is 32.2 Å².